The maximum Gasteiger partial charge on any atom is 0.410 e. The number of benzene rings is 1. The quantitative estimate of drug-likeness (QED) is 0.903. The van der Waals surface area contributed by atoms with Gasteiger partial charge in [-0.25, -0.2) is 17.9 Å². The number of amides is 1. The molecule has 1 fully saturated rings. The highest BCUT2D eigenvalue weighted by Crippen LogP contribution is 2.20. The highest BCUT2D eigenvalue weighted by atomic mass is 35.5. The lowest BCUT2D eigenvalue weighted by Gasteiger charge is -2.11. The number of hydrogen-bond acceptors (Lipinski definition) is 4. The molecule has 0 aliphatic carbocycles. The molecule has 1 unspecified atom stereocenters. The minimum absolute atomic E-state index is 0.00865. The zero-order chi connectivity index (χ0) is 14.0. The van der Waals surface area contributed by atoms with Crippen LogP contribution in [0.2, 0.25) is 5.02 Å². The zero-order valence-corrected chi connectivity index (χ0v) is 11.7. The molecule has 1 amide bonds. The fourth-order valence-electron chi connectivity index (χ4n) is 1.70. The monoisotopic (exact) mass is 304 g/mol. The summed E-state index contributed by atoms with van der Waals surface area (Å²) in [5.41, 5.74) is 0. The molecule has 0 saturated carbocycles. The number of hydrogen-bond donors (Lipinski definition) is 1. The number of rotatable bonds is 4. The van der Waals surface area contributed by atoms with E-state index in [2.05, 4.69) is 4.72 Å². The Morgan fingerprint density at radius 1 is 1.47 bits per heavy atom. The van der Waals surface area contributed by atoms with Gasteiger partial charge in [-0.3, -0.25) is 0 Å². The van der Waals surface area contributed by atoms with Crippen LogP contribution in [0.4, 0.5) is 4.79 Å². The van der Waals surface area contributed by atoms with Crippen molar-refractivity contribution in [2.75, 3.05) is 20.1 Å². The molecule has 1 heterocycles. The molecule has 0 aromatic heterocycles. The standard InChI is InChI=1S/C11H13ClN2O4S/c1-14-7-8(18-11(14)15)6-13-19(16,17)10-5-3-2-4-9(10)12/h2-5,8,13H,6-7H2,1H3. The van der Waals surface area contributed by atoms with Gasteiger partial charge in [0.05, 0.1) is 11.6 Å². The van der Waals surface area contributed by atoms with Gasteiger partial charge < -0.3 is 9.64 Å². The SMILES string of the molecule is CN1CC(CNS(=O)(=O)c2ccccc2Cl)OC1=O. The van der Waals surface area contributed by atoms with Gasteiger partial charge in [0, 0.05) is 13.6 Å². The molecule has 0 spiro atoms. The third-order valence-corrected chi connectivity index (χ3v) is 4.61. The third kappa shape index (κ3) is 3.17. The molecule has 1 saturated heterocycles. The van der Waals surface area contributed by atoms with E-state index < -0.39 is 22.2 Å². The Morgan fingerprint density at radius 2 is 2.16 bits per heavy atom. The van der Waals surface area contributed by atoms with Crippen LogP contribution in [0.3, 0.4) is 0 Å². The predicted octanol–water partition coefficient (Wildman–Crippen LogP) is 1.07. The summed E-state index contributed by atoms with van der Waals surface area (Å²) in [4.78, 5) is 12.5. The minimum Gasteiger partial charge on any atom is -0.443 e. The first-order chi connectivity index (χ1) is 8.90. The highest BCUT2D eigenvalue weighted by molar-refractivity contribution is 7.89. The van der Waals surface area contributed by atoms with E-state index in [-0.39, 0.29) is 16.5 Å². The van der Waals surface area contributed by atoms with Crippen molar-refractivity contribution in [3.05, 3.63) is 29.3 Å². The van der Waals surface area contributed by atoms with Crippen molar-refractivity contribution in [3.8, 4) is 0 Å². The van der Waals surface area contributed by atoms with Gasteiger partial charge in [-0.1, -0.05) is 23.7 Å². The van der Waals surface area contributed by atoms with Crippen molar-refractivity contribution in [2.45, 2.75) is 11.0 Å². The number of nitrogens with zero attached hydrogens (tertiary/aromatic N) is 1. The topological polar surface area (TPSA) is 75.7 Å². The number of halogens is 1. The normalized spacial score (nSPS) is 19.6. The summed E-state index contributed by atoms with van der Waals surface area (Å²) in [7, 11) is -2.12. The van der Waals surface area contributed by atoms with Gasteiger partial charge in [0.15, 0.2) is 0 Å². The van der Waals surface area contributed by atoms with Crippen molar-refractivity contribution in [1.29, 1.82) is 0 Å². The van der Waals surface area contributed by atoms with Crippen LogP contribution < -0.4 is 4.72 Å². The Bertz CT molecular complexity index is 590. The Kier molecular flexibility index (Phi) is 3.98. The van der Waals surface area contributed by atoms with Crippen LogP contribution in [-0.4, -0.2) is 45.7 Å². The summed E-state index contributed by atoms with van der Waals surface area (Å²) in [6.07, 6.45) is -0.947. The molecule has 6 nitrogen and oxygen atoms in total. The van der Waals surface area contributed by atoms with Crippen molar-refractivity contribution >= 4 is 27.7 Å². The minimum atomic E-state index is -3.71. The van der Waals surface area contributed by atoms with Crippen LogP contribution in [0.25, 0.3) is 0 Å². The first-order valence-electron chi connectivity index (χ1n) is 5.56. The number of sulfonamides is 1. The Hall–Kier alpha value is -1.31. The average molecular weight is 305 g/mol. The van der Waals surface area contributed by atoms with Gasteiger partial charge in [-0.15, -0.1) is 0 Å². The molecule has 1 aliphatic heterocycles. The Labute approximate surface area is 116 Å². The molecule has 1 aromatic rings. The van der Waals surface area contributed by atoms with Crippen molar-refractivity contribution in [1.82, 2.24) is 9.62 Å². The van der Waals surface area contributed by atoms with Gasteiger partial charge in [0.25, 0.3) is 0 Å². The molecule has 1 N–H and O–H groups in total. The molecule has 19 heavy (non-hydrogen) atoms. The Morgan fingerprint density at radius 3 is 2.74 bits per heavy atom. The third-order valence-electron chi connectivity index (χ3n) is 2.68. The van der Waals surface area contributed by atoms with E-state index >= 15 is 0 Å². The summed E-state index contributed by atoms with van der Waals surface area (Å²) in [5.74, 6) is 0. The van der Waals surface area contributed by atoms with Crippen LogP contribution in [0.5, 0.6) is 0 Å². The lowest BCUT2D eigenvalue weighted by Crippen LogP contribution is -2.34. The first kappa shape index (κ1) is 14.1. The molecule has 2 rings (SSSR count). The Balaban J connectivity index is 2.03. The van der Waals surface area contributed by atoms with E-state index in [1.165, 1.54) is 17.0 Å². The smallest absolute Gasteiger partial charge is 0.410 e. The molecule has 1 atom stereocenters. The van der Waals surface area contributed by atoms with Crippen LogP contribution in [-0.2, 0) is 14.8 Å². The fraction of sp³-hybridized carbons (Fsp3) is 0.364. The maximum atomic E-state index is 12.0. The zero-order valence-electron chi connectivity index (χ0n) is 10.2. The second-order valence-electron chi connectivity index (χ2n) is 4.17. The predicted molar refractivity (Wildman–Crippen MR) is 69.5 cm³/mol. The van der Waals surface area contributed by atoms with Crippen LogP contribution >= 0.6 is 11.6 Å². The second-order valence-corrected chi connectivity index (χ2v) is 6.31. The van der Waals surface area contributed by atoms with Gasteiger partial charge in [0.1, 0.15) is 11.0 Å². The number of nitrogens with one attached hydrogen (secondary N) is 1. The van der Waals surface area contributed by atoms with Crippen LogP contribution in [0, 0.1) is 0 Å². The number of ether oxygens (including phenoxy) is 1. The molecule has 1 aromatic carbocycles. The number of carbonyl (C=O) groups excluding carboxylic acids is 1. The fourth-order valence-corrected chi connectivity index (χ4v) is 3.28. The largest absolute Gasteiger partial charge is 0.443 e. The molecular weight excluding hydrogens is 292 g/mol. The molecule has 0 radical (unpaired) electrons. The van der Waals surface area contributed by atoms with Crippen LogP contribution in [0.15, 0.2) is 29.2 Å². The highest BCUT2D eigenvalue weighted by Gasteiger charge is 2.29. The molecule has 8 heteroatoms. The average Bonchev–Trinajstić information content (AvgIpc) is 2.67. The van der Waals surface area contributed by atoms with Gasteiger partial charge in [0.2, 0.25) is 10.0 Å². The summed E-state index contributed by atoms with van der Waals surface area (Å²) in [6, 6.07) is 6.15. The second kappa shape index (κ2) is 5.36. The summed E-state index contributed by atoms with van der Waals surface area (Å²) >= 11 is 5.84. The first-order valence-corrected chi connectivity index (χ1v) is 7.42. The van der Waals surface area contributed by atoms with E-state index in [4.69, 9.17) is 16.3 Å². The van der Waals surface area contributed by atoms with E-state index in [9.17, 15) is 13.2 Å². The van der Waals surface area contributed by atoms with Crippen molar-refractivity contribution < 1.29 is 17.9 Å². The number of cyclic esters (lactones) is 1. The van der Waals surface area contributed by atoms with Gasteiger partial charge in [-0.05, 0) is 12.1 Å². The van der Waals surface area contributed by atoms with E-state index in [1.54, 1.807) is 19.2 Å². The van der Waals surface area contributed by atoms with Crippen molar-refractivity contribution in [2.24, 2.45) is 0 Å². The van der Waals surface area contributed by atoms with E-state index in [1.807, 2.05) is 0 Å². The molecular formula is C11H13ClN2O4S. The van der Waals surface area contributed by atoms with E-state index in [0.717, 1.165) is 0 Å². The molecule has 0 bridgehead atoms. The number of carbonyl (C=O) groups is 1. The van der Waals surface area contributed by atoms with Gasteiger partial charge in [-0.2, -0.15) is 0 Å². The lowest BCUT2D eigenvalue weighted by molar-refractivity contribution is 0.135. The maximum absolute atomic E-state index is 12.0. The van der Waals surface area contributed by atoms with Crippen LogP contribution in [0.1, 0.15) is 0 Å². The summed E-state index contributed by atoms with van der Waals surface area (Å²) < 4.78 is 31.4. The van der Waals surface area contributed by atoms with Gasteiger partial charge >= 0.3 is 6.09 Å². The summed E-state index contributed by atoms with van der Waals surface area (Å²) in [6.45, 7) is 0.369. The summed E-state index contributed by atoms with van der Waals surface area (Å²) in [5, 5.41) is 0.149. The molecule has 1 aliphatic rings. The van der Waals surface area contributed by atoms with E-state index in [0.29, 0.717) is 6.54 Å². The lowest BCUT2D eigenvalue weighted by atomic mass is 10.4. The number of likely N-dealkylation sites (N-methyl/N-ethyl adjacent to an activating group) is 1. The molecule has 104 valence electrons. The van der Waals surface area contributed by atoms with Crippen molar-refractivity contribution in [3.63, 3.8) is 0 Å².